The highest BCUT2D eigenvalue weighted by Crippen LogP contribution is 2.22. The molecule has 0 spiro atoms. The number of anilines is 1. The highest BCUT2D eigenvalue weighted by Gasteiger charge is 2.33. The second kappa shape index (κ2) is 11.7. The minimum absolute atomic E-state index is 0.0557. The van der Waals surface area contributed by atoms with E-state index in [0.29, 0.717) is 6.42 Å². The van der Waals surface area contributed by atoms with Gasteiger partial charge in [-0.05, 0) is 55.5 Å². The quantitative estimate of drug-likeness (QED) is 0.535. The number of carbonyl (C=O) groups excluding carboxylic acids is 2. The van der Waals surface area contributed by atoms with Gasteiger partial charge in [0.05, 0.1) is 11.9 Å². The Balaban J connectivity index is 1.93. The Morgan fingerprint density at radius 1 is 1.11 bits per heavy atom. The predicted molar refractivity (Wildman–Crippen MR) is 135 cm³/mol. The van der Waals surface area contributed by atoms with Crippen LogP contribution in [-0.4, -0.2) is 50.0 Å². The number of sulfonamides is 1. The van der Waals surface area contributed by atoms with Crippen molar-refractivity contribution in [1.29, 1.82) is 0 Å². The van der Waals surface area contributed by atoms with Crippen molar-refractivity contribution in [3.05, 3.63) is 65.5 Å². The topological polar surface area (TPSA) is 86.8 Å². The maximum absolute atomic E-state index is 13.9. The Bertz CT molecular complexity index is 1150. The van der Waals surface area contributed by atoms with Gasteiger partial charge in [-0.25, -0.2) is 12.8 Å². The molecule has 1 aliphatic carbocycles. The van der Waals surface area contributed by atoms with Crippen LogP contribution in [0.5, 0.6) is 0 Å². The number of hydrogen-bond donors (Lipinski definition) is 1. The largest absolute Gasteiger partial charge is 0.352 e. The Kier molecular flexibility index (Phi) is 8.88. The highest BCUT2D eigenvalue weighted by atomic mass is 32.2. The normalized spacial score (nSPS) is 15.0. The van der Waals surface area contributed by atoms with Gasteiger partial charge in [0.1, 0.15) is 18.4 Å². The fourth-order valence-corrected chi connectivity index (χ4v) is 5.34. The Hall–Kier alpha value is -2.94. The van der Waals surface area contributed by atoms with Crippen LogP contribution in [0.2, 0.25) is 0 Å². The number of nitrogens with one attached hydrogen (secondary N) is 1. The minimum atomic E-state index is -3.90. The lowest BCUT2D eigenvalue weighted by Crippen LogP contribution is -2.53. The van der Waals surface area contributed by atoms with Gasteiger partial charge in [-0.2, -0.15) is 0 Å². The maximum Gasteiger partial charge on any atom is 0.244 e. The van der Waals surface area contributed by atoms with Crippen molar-refractivity contribution < 1.29 is 22.4 Å². The Morgan fingerprint density at radius 3 is 2.40 bits per heavy atom. The summed E-state index contributed by atoms with van der Waals surface area (Å²) in [6.07, 6.45) is 5.29. The van der Waals surface area contributed by atoms with Gasteiger partial charge >= 0.3 is 0 Å². The average Bonchev–Trinajstić information content (AvgIpc) is 3.30. The number of hydrogen-bond acceptors (Lipinski definition) is 4. The first kappa shape index (κ1) is 26.7. The van der Waals surface area contributed by atoms with E-state index in [1.807, 2.05) is 38.1 Å². The molecule has 1 atom stereocenters. The van der Waals surface area contributed by atoms with Crippen LogP contribution in [0.1, 0.15) is 50.2 Å². The molecule has 190 valence electrons. The standard InChI is InChI=1S/C26H34FN3O4S/c1-4-24(26(32)28-22-13-7-8-14-22)29(17-20-11-6-5-10-19(20)2)25(31)18-30(35(3,33)34)23-15-9-12-21(27)16-23/h5-6,9-12,15-16,22,24H,4,7-8,13-14,17-18H2,1-3H3,(H,28,32)/t24-/m1/s1. The molecule has 0 bridgehead atoms. The first-order chi connectivity index (χ1) is 16.6. The summed E-state index contributed by atoms with van der Waals surface area (Å²) in [6.45, 7) is 3.37. The van der Waals surface area contributed by atoms with Gasteiger partial charge in [-0.15, -0.1) is 0 Å². The van der Waals surface area contributed by atoms with E-state index in [1.54, 1.807) is 0 Å². The van der Waals surface area contributed by atoms with Gasteiger partial charge in [0.25, 0.3) is 0 Å². The second-order valence-electron chi connectivity index (χ2n) is 9.11. The van der Waals surface area contributed by atoms with E-state index in [9.17, 15) is 22.4 Å². The van der Waals surface area contributed by atoms with Crippen LogP contribution in [0.25, 0.3) is 0 Å². The summed E-state index contributed by atoms with van der Waals surface area (Å²) in [4.78, 5) is 28.4. The molecular weight excluding hydrogens is 469 g/mol. The summed E-state index contributed by atoms with van der Waals surface area (Å²) in [5, 5.41) is 3.07. The summed E-state index contributed by atoms with van der Waals surface area (Å²) in [7, 11) is -3.90. The average molecular weight is 504 g/mol. The molecule has 0 aliphatic heterocycles. The summed E-state index contributed by atoms with van der Waals surface area (Å²) in [5.41, 5.74) is 1.88. The number of benzene rings is 2. The smallest absolute Gasteiger partial charge is 0.244 e. The number of halogens is 1. The van der Waals surface area contributed by atoms with Gasteiger partial charge in [-0.1, -0.05) is 50.1 Å². The zero-order chi connectivity index (χ0) is 25.6. The Morgan fingerprint density at radius 2 is 1.80 bits per heavy atom. The molecule has 1 aliphatic rings. The molecule has 0 unspecified atom stereocenters. The number of amides is 2. The summed E-state index contributed by atoms with van der Waals surface area (Å²) < 4.78 is 39.9. The molecule has 1 fully saturated rings. The third-order valence-electron chi connectivity index (χ3n) is 6.46. The van der Waals surface area contributed by atoms with Crippen molar-refractivity contribution in [2.45, 2.75) is 64.6 Å². The van der Waals surface area contributed by atoms with E-state index in [0.717, 1.165) is 53.4 Å². The highest BCUT2D eigenvalue weighted by molar-refractivity contribution is 7.92. The molecule has 0 heterocycles. The van der Waals surface area contributed by atoms with Crippen LogP contribution in [0, 0.1) is 12.7 Å². The molecule has 3 rings (SSSR count). The van der Waals surface area contributed by atoms with E-state index in [1.165, 1.54) is 23.1 Å². The van der Waals surface area contributed by atoms with E-state index in [2.05, 4.69) is 5.32 Å². The number of aryl methyl sites for hydroxylation is 1. The molecule has 1 N–H and O–H groups in total. The number of carbonyl (C=O) groups is 2. The van der Waals surface area contributed by atoms with Crippen molar-refractivity contribution >= 4 is 27.5 Å². The van der Waals surface area contributed by atoms with Crippen molar-refractivity contribution in [2.75, 3.05) is 17.1 Å². The van der Waals surface area contributed by atoms with Crippen LogP contribution in [0.4, 0.5) is 10.1 Å². The fourth-order valence-electron chi connectivity index (χ4n) is 4.50. The third-order valence-corrected chi connectivity index (χ3v) is 7.61. The summed E-state index contributed by atoms with van der Waals surface area (Å²) >= 11 is 0. The van der Waals surface area contributed by atoms with E-state index in [4.69, 9.17) is 0 Å². The van der Waals surface area contributed by atoms with Crippen LogP contribution in [0.3, 0.4) is 0 Å². The number of rotatable bonds is 10. The molecule has 0 radical (unpaired) electrons. The van der Waals surface area contributed by atoms with Gasteiger partial charge in [-0.3, -0.25) is 13.9 Å². The van der Waals surface area contributed by atoms with Crippen molar-refractivity contribution in [3.8, 4) is 0 Å². The molecule has 9 heteroatoms. The second-order valence-corrected chi connectivity index (χ2v) is 11.0. The monoisotopic (exact) mass is 503 g/mol. The van der Waals surface area contributed by atoms with Crippen molar-refractivity contribution in [1.82, 2.24) is 10.2 Å². The van der Waals surface area contributed by atoms with Crippen LogP contribution in [-0.2, 0) is 26.2 Å². The first-order valence-corrected chi connectivity index (χ1v) is 13.8. The lowest BCUT2D eigenvalue weighted by Gasteiger charge is -2.33. The van der Waals surface area contributed by atoms with Gasteiger partial charge < -0.3 is 10.2 Å². The third kappa shape index (κ3) is 7.04. The predicted octanol–water partition coefficient (Wildman–Crippen LogP) is 3.77. The lowest BCUT2D eigenvalue weighted by molar-refractivity contribution is -0.140. The van der Waals surface area contributed by atoms with Gasteiger partial charge in [0.15, 0.2) is 0 Å². The van der Waals surface area contributed by atoms with Crippen LogP contribution >= 0.6 is 0 Å². The van der Waals surface area contributed by atoms with Crippen LogP contribution < -0.4 is 9.62 Å². The summed E-state index contributed by atoms with van der Waals surface area (Å²) in [5.74, 6) is -1.38. The first-order valence-electron chi connectivity index (χ1n) is 12.0. The molecule has 35 heavy (non-hydrogen) atoms. The minimum Gasteiger partial charge on any atom is -0.352 e. The van der Waals surface area contributed by atoms with Crippen molar-refractivity contribution in [2.24, 2.45) is 0 Å². The SMILES string of the molecule is CC[C@H](C(=O)NC1CCCC1)N(Cc1ccccc1C)C(=O)CN(c1cccc(F)c1)S(C)(=O)=O. The van der Waals surface area contributed by atoms with Gasteiger partial charge in [0, 0.05) is 12.6 Å². The molecule has 2 aromatic rings. The maximum atomic E-state index is 13.9. The molecule has 2 aromatic carbocycles. The fraction of sp³-hybridized carbons (Fsp3) is 0.462. The van der Waals surface area contributed by atoms with Crippen LogP contribution in [0.15, 0.2) is 48.5 Å². The molecule has 7 nitrogen and oxygen atoms in total. The molecule has 1 saturated carbocycles. The van der Waals surface area contributed by atoms with E-state index < -0.39 is 34.3 Å². The zero-order valence-corrected chi connectivity index (χ0v) is 21.4. The zero-order valence-electron chi connectivity index (χ0n) is 20.5. The van der Waals surface area contributed by atoms with E-state index >= 15 is 0 Å². The van der Waals surface area contributed by atoms with Gasteiger partial charge in [0.2, 0.25) is 21.8 Å². The molecule has 0 saturated heterocycles. The number of nitrogens with zero attached hydrogens (tertiary/aromatic N) is 2. The molecular formula is C26H34FN3O4S. The molecule has 0 aromatic heterocycles. The lowest BCUT2D eigenvalue weighted by atomic mass is 10.1. The summed E-state index contributed by atoms with van der Waals surface area (Å²) in [6, 6.07) is 12.0. The van der Waals surface area contributed by atoms with E-state index in [-0.39, 0.29) is 24.2 Å². The molecule has 2 amide bonds. The van der Waals surface area contributed by atoms with Crippen molar-refractivity contribution in [3.63, 3.8) is 0 Å². The Labute approximate surface area is 207 Å².